The van der Waals surface area contributed by atoms with Crippen molar-refractivity contribution >= 4 is 12.2 Å². The van der Waals surface area contributed by atoms with E-state index in [2.05, 4.69) is 23.1 Å². The molecule has 3 rings (SSSR count). The lowest BCUT2D eigenvalue weighted by molar-refractivity contribution is -0.118. The van der Waals surface area contributed by atoms with Gasteiger partial charge in [0.1, 0.15) is 12.0 Å². The quantitative estimate of drug-likeness (QED) is 0.773. The Kier molecular flexibility index (Phi) is 3.23. The van der Waals surface area contributed by atoms with Gasteiger partial charge in [0.15, 0.2) is 0 Å². The van der Waals surface area contributed by atoms with E-state index in [0.29, 0.717) is 11.6 Å². The van der Waals surface area contributed by atoms with Crippen molar-refractivity contribution in [3.63, 3.8) is 0 Å². The van der Waals surface area contributed by atoms with Crippen LogP contribution in [0.5, 0.6) is 0 Å². The first kappa shape index (κ1) is 12.2. The molecular weight excluding hydrogens is 238 g/mol. The molecule has 1 atom stereocenters. The summed E-state index contributed by atoms with van der Waals surface area (Å²) in [5.41, 5.74) is 1.81. The Hall–Kier alpha value is -1.84. The highest BCUT2D eigenvalue weighted by Gasteiger charge is 2.32. The molecule has 0 aromatic heterocycles. The highest BCUT2D eigenvalue weighted by atomic mass is 16.2. The predicted molar refractivity (Wildman–Crippen MR) is 74.9 cm³/mol. The summed E-state index contributed by atoms with van der Waals surface area (Å²) in [4.78, 5) is 11.9. The standard InChI is InChI=1S/C15H19N3O/c1-2-11-8-13(12-6-4-3-5-7-12)18-14(9-11)15(19)16-10-17-18/h2,8-12H,1,3-7H2,(H,16,17,19). The second-order valence-corrected chi connectivity index (χ2v) is 5.32. The van der Waals surface area contributed by atoms with Gasteiger partial charge in [0.25, 0.3) is 5.91 Å². The van der Waals surface area contributed by atoms with Crippen molar-refractivity contribution in [3.8, 4) is 0 Å². The Balaban J connectivity index is 1.94. The molecule has 0 spiro atoms. The molecule has 2 aliphatic heterocycles. The monoisotopic (exact) mass is 257 g/mol. The van der Waals surface area contributed by atoms with Crippen LogP contribution >= 0.6 is 0 Å². The fourth-order valence-electron chi connectivity index (χ4n) is 3.07. The molecule has 1 fully saturated rings. The van der Waals surface area contributed by atoms with Crippen LogP contribution in [0.2, 0.25) is 0 Å². The maximum Gasteiger partial charge on any atom is 0.274 e. The van der Waals surface area contributed by atoms with Crippen LogP contribution in [0, 0.1) is 11.8 Å². The van der Waals surface area contributed by atoms with Crippen LogP contribution < -0.4 is 5.32 Å². The van der Waals surface area contributed by atoms with Crippen LogP contribution in [-0.2, 0) is 4.79 Å². The van der Waals surface area contributed by atoms with Gasteiger partial charge < -0.3 is 5.32 Å². The molecular formula is C15H19N3O. The maximum atomic E-state index is 11.9. The summed E-state index contributed by atoms with van der Waals surface area (Å²) in [6.45, 7) is 3.85. The van der Waals surface area contributed by atoms with Crippen molar-refractivity contribution in [1.29, 1.82) is 0 Å². The number of carbonyl (C=O) groups is 1. The number of hydrogen-bond donors (Lipinski definition) is 1. The molecule has 0 aromatic rings. The predicted octanol–water partition coefficient (Wildman–Crippen LogP) is 2.53. The summed E-state index contributed by atoms with van der Waals surface area (Å²) >= 11 is 0. The fraction of sp³-hybridized carbons (Fsp3) is 0.467. The molecule has 100 valence electrons. The van der Waals surface area contributed by atoms with E-state index in [1.165, 1.54) is 44.1 Å². The van der Waals surface area contributed by atoms with Gasteiger partial charge in [-0.2, -0.15) is 5.10 Å². The maximum absolute atomic E-state index is 11.9. The molecule has 3 aliphatic rings. The van der Waals surface area contributed by atoms with Gasteiger partial charge in [-0.15, -0.1) is 6.58 Å². The minimum Gasteiger partial charge on any atom is -0.310 e. The number of carbonyl (C=O) groups excluding carboxylic acids is 1. The first-order chi connectivity index (χ1) is 9.29. The van der Waals surface area contributed by atoms with Gasteiger partial charge >= 0.3 is 0 Å². The number of rotatable bonds is 2. The van der Waals surface area contributed by atoms with Gasteiger partial charge in [0, 0.05) is 17.5 Å². The first-order valence-corrected chi connectivity index (χ1v) is 6.99. The zero-order chi connectivity index (χ0) is 13.2. The first-order valence-electron chi connectivity index (χ1n) is 6.99. The van der Waals surface area contributed by atoms with E-state index in [4.69, 9.17) is 0 Å². The minimum atomic E-state index is -0.0803. The molecule has 0 aromatic carbocycles. The van der Waals surface area contributed by atoms with Gasteiger partial charge in [0.05, 0.1) is 0 Å². The summed E-state index contributed by atoms with van der Waals surface area (Å²) < 4.78 is 0. The van der Waals surface area contributed by atoms with Crippen LogP contribution in [0.25, 0.3) is 0 Å². The Morgan fingerprint density at radius 3 is 2.84 bits per heavy atom. The van der Waals surface area contributed by atoms with E-state index >= 15 is 0 Å². The molecule has 1 N–H and O–H groups in total. The minimum absolute atomic E-state index is 0.0803. The topological polar surface area (TPSA) is 44.7 Å². The van der Waals surface area contributed by atoms with E-state index in [-0.39, 0.29) is 11.8 Å². The molecule has 0 bridgehead atoms. The average Bonchev–Trinajstić information content (AvgIpc) is 2.48. The lowest BCUT2D eigenvalue weighted by Crippen LogP contribution is -2.40. The largest absolute Gasteiger partial charge is 0.310 e. The van der Waals surface area contributed by atoms with Crippen LogP contribution in [0.15, 0.2) is 41.3 Å². The third-order valence-corrected chi connectivity index (χ3v) is 4.08. The van der Waals surface area contributed by atoms with Crippen LogP contribution in [0.1, 0.15) is 32.1 Å². The van der Waals surface area contributed by atoms with Crippen LogP contribution in [-0.4, -0.2) is 17.3 Å². The zero-order valence-electron chi connectivity index (χ0n) is 11.0. The number of hydrogen-bond acceptors (Lipinski definition) is 3. The molecule has 4 nitrogen and oxygen atoms in total. The van der Waals surface area contributed by atoms with Crippen molar-refractivity contribution in [3.05, 3.63) is 36.2 Å². The van der Waals surface area contributed by atoms with E-state index < -0.39 is 0 Å². The second-order valence-electron chi connectivity index (χ2n) is 5.32. The number of fused-ring (bicyclic) bond motifs is 1. The van der Waals surface area contributed by atoms with Gasteiger partial charge in [-0.05, 0) is 18.9 Å². The third-order valence-electron chi connectivity index (χ3n) is 4.08. The van der Waals surface area contributed by atoms with E-state index in [1.807, 2.05) is 17.2 Å². The number of amides is 1. The summed E-state index contributed by atoms with van der Waals surface area (Å²) in [5, 5.41) is 8.79. The Labute approximate surface area is 113 Å². The highest BCUT2D eigenvalue weighted by molar-refractivity contribution is 6.01. The van der Waals surface area contributed by atoms with E-state index in [0.717, 1.165) is 0 Å². The van der Waals surface area contributed by atoms with Gasteiger partial charge in [-0.25, -0.2) is 5.01 Å². The molecule has 0 saturated heterocycles. The molecule has 1 aliphatic carbocycles. The normalized spacial score (nSPS) is 27.3. The Bertz CT molecular complexity index is 484. The lowest BCUT2D eigenvalue weighted by Gasteiger charge is -2.36. The highest BCUT2D eigenvalue weighted by Crippen LogP contribution is 2.37. The van der Waals surface area contributed by atoms with Crippen molar-refractivity contribution in [2.45, 2.75) is 32.1 Å². The number of nitrogens with one attached hydrogen (secondary N) is 1. The summed E-state index contributed by atoms with van der Waals surface area (Å²) in [6.07, 6.45) is 13.7. The SMILES string of the molecule is C=CC1C=C2C(=O)NC=NN2C(C2CCCCC2)=C1. The van der Waals surface area contributed by atoms with Crippen molar-refractivity contribution < 1.29 is 4.79 Å². The third kappa shape index (κ3) is 2.23. The average molecular weight is 257 g/mol. The second kappa shape index (κ2) is 5.03. The fourth-order valence-corrected chi connectivity index (χ4v) is 3.07. The summed E-state index contributed by atoms with van der Waals surface area (Å²) in [7, 11) is 0. The van der Waals surface area contributed by atoms with Crippen molar-refractivity contribution in [2.24, 2.45) is 16.9 Å². The van der Waals surface area contributed by atoms with E-state index in [1.54, 1.807) is 0 Å². The molecule has 1 saturated carbocycles. The molecule has 4 heteroatoms. The van der Waals surface area contributed by atoms with Crippen molar-refractivity contribution in [1.82, 2.24) is 10.3 Å². The molecule has 1 amide bonds. The van der Waals surface area contributed by atoms with Gasteiger partial charge in [-0.3, -0.25) is 4.79 Å². The Morgan fingerprint density at radius 2 is 2.11 bits per heavy atom. The molecule has 1 unspecified atom stereocenters. The van der Waals surface area contributed by atoms with Crippen LogP contribution in [0.3, 0.4) is 0 Å². The lowest BCUT2D eigenvalue weighted by atomic mass is 9.84. The van der Waals surface area contributed by atoms with Crippen molar-refractivity contribution in [2.75, 3.05) is 0 Å². The number of nitrogens with zero attached hydrogens (tertiary/aromatic N) is 2. The molecule has 2 heterocycles. The number of hydrazone groups is 1. The Morgan fingerprint density at radius 1 is 1.32 bits per heavy atom. The summed E-state index contributed by atoms with van der Waals surface area (Å²) in [5.74, 6) is 0.563. The molecule has 0 radical (unpaired) electrons. The van der Waals surface area contributed by atoms with Gasteiger partial charge in [-0.1, -0.05) is 31.4 Å². The van der Waals surface area contributed by atoms with E-state index in [9.17, 15) is 4.79 Å². The smallest absolute Gasteiger partial charge is 0.274 e. The summed E-state index contributed by atoms with van der Waals surface area (Å²) in [6, 6.07) is 0. The van der Waals surface area contributed by atoms with Crippen LogP contribution in [0.4, 0.5) is 0 Å². The molecule has 19 heavy (non-hydrogen) atoms. The van der Waals surface area contributed by atoms with Gasteiger partial charge in [0.2, 0.25) is 0 Å². The number of allylic oxidation sites excluding steroid dienone is 4. The zero-order valence-corrected chi connectivity index (χ0v) is 11.0.